The number of hydrogen-bond donors (Lipinski definition) is 2. The maximum absolute atomic E-state index is 12.1. The van der Waals surface area contributed by atoms with E-state index in [1.165, 1.54) is 12.1 Å². The van der Waals surface area contributed by atoms with Crippen molar-refractivity contribution in [3.8, 4) is 0 Å². The Morgan fingerprint density at radius 3 is 2.57 bits per heavy atom. The van der Waals surface area contributed by atoms with Crippen molar-refractivity contribution in [1.29, 1.82) is 0 Å². The number of hydrogen-bond acceptors (Lipinski definition) is 3. The van der Waals surface area contributed by atoms with E-state index in [9.17, 15) is 13.8 Å². The number of amides is 1. The van der Waals surface area contributed by atoms with Gasteiger partial charge >= 0.3 is 5.97 Å². The molecule has 2 aromatic rings. The van der Waals surface area contributed by atoms with E-state index < -0.39 is 16.8 Å². The van der Waals surface area contributed by atoms with Crippen LogP contribution in [-0.4, -0.2) is 26.9 Å². The summed E-state index contributed by atoms with van der Waals surface area (Å²) < 4.78 is 12.8. The number of carboxylic acid groups (broad SMARTS) is 1. The van der Waals surface area contributed by atoms with Gasteiger partial charge in [-0.2, -0.15) is 0 Å². The van der Waals surface area contributed by atoms with Gasteiger partial charge in [-0.1, -0.05) is 24.3 Å². The molecule has 1 unspecified atom stereocenters. The van der Waals surface area contributed by atoms with Gasteiger partial charge in [0.15, 0.2) is 0 Å². The second-order valence-corrected chi connectivity index (χ2v) is 7.07. The van der Waals surface area contributed by atoms with Gasteiger partial charge < -0.3 is 10.4 Å². The van der Waals surface area contributed by atoms with Gasteiger partial charge in [0.25, 0.3) is 0 Å². The lowest BCUT2D eigenvalue weighted by molar-refractivity contribution is -0.113. The fraction of sp³-hybridized carbons (Fsp3) is 0.125. The second-order valence-electron chi connectivity index (χ2n) is 4.76. The zero-order valence-electron chi connectivity index (χ0n) is 12.0. The van der Waals surface area contributed by atoms with Crippen molar-refractivity contribution in [3.63, 3.8) is 0 Å². The van der Waals surface area contributed by atoms with Gasteiger partial charge in [-0.3, -0.25) is 9.00 Å². The molecule has 1 amide bonds. The number of carboxylic acids is 1. The van der Waals surface area contributed by atoms with Crippen molar-refractivity contribution in [2.24, 2.45) is 0 Å². The molecule has 0 spiro atoms. The van der Waals surface area contributed by atoms with E-state index in [4.69, 9.17) is 5.11 Å². The van der Waals surface area contributed by atoms with Gasteiger partial charge in [0.1, 0.15) is 5.75 Å². The molecule has 120 valence electrons. The van der Waals surface area contributed by atoms with Crippen LogP contribution in [0.2, 0.25) is 0 Å². The van der Waals surface area contributed by atoms with Crippen LogP contribution in [0.4, 0.5) is 5.69 Å². The van der Waals surface area contributed by atoms with Gasteiger partial charge in [0.2, 0.25) is 5.91 Å². The number of aromatic carboxylic acids is 1. The SMILES string of the molecule is O=C(CS(=O)Cc1cccc(C(=O)O)c1)Nc1ccccc1Br. The molecule has 0 aliphatic heterocycles. The van der Waals surface area contributed by atoms with Crippen LogP contribution in [0, 0.1) is 0 Å². The van der Waals surface area contributed by atoms with Crippen LogP contribution >= 0.6 is 15.9 Å². The van der Waals surface area contributed by atoms with Crippen LogP contribution < -0.4 is 5.32 Å². The Kier molecular flexibility index (Phi) is 6.06. The highest BCUT2D eigenvalue weighted by Gasteiger charge is 2.11. The van der Waals surface area contributed by atoms with Crippen LogP contribution in [0.3, 0.4) is 0 Å². The summed E-state index contributed by atoms with van der Waals surface area (Å²) in [6, 6.07) is 13.4. The lowest BCUT2D eigenvalue weighted by Gasteiger charge is -2.07. The predicted octanol–water partition coefficient (Wildman–Crippen LogP) is 3.03. The minimum absolute atomic E-state index is 0.129. The number of nitrogens with one attached hydrogen (secondary N) is 1. The number of halogens is 1. The fourth-order valence-corrected chi connectivity index (χ4v) is 3.33. The standard InChI is InChI=1S/C16H14BrNO4S/c17-13-6-1-2-7-14(13)18-15(19)10-23(22)9-11-4-3-5-12(8-11)16(20)21/h1-8H,9-10H2,(H,18,19)(H,20,21). The van der Waals surface area contributed by atoms with Crippen molar-refractivity contribution in [3.05, 3.63) is 64.1 Å². The highest BCUT2D eigenvalue weighted by molar-refractivity contribution is 9.10. The molecule has 5 nitrogen and oxygen atoms in total. The smallest absolute Gasteiger partial charge is 0.335 e. The summed E-state index contributed by atoms with van der Waals surface area (Å²) in [4.78, 5) is 22.8. The average molecular weight is 396 g/mol. The van der Waals surface area contributed by atoms with Crippen LogP contribution in [0.15, 0.2) is 53.0 Å². The Morgan fingerprint density at radius 1 is 1.13 bits per heavy atom. The number of anilines is 1. The quantitative estimate of drug-likeness (QED) is 0.786. The molecule has 0 radical (unpaired) electrons. The van der Waals surface area contributed by atoms with E-state index in [1.54, 1.807) is 30.3 Å². The van der Waals surface area contributed by atoms with Crippen molar-refractivity contribution >= 4 is 44.3 Å². The molecule has 0 bridgehead atoms. The molecule has 2 aromatic carbocycles. The summed E-state index contributed by atoms with van der Waals surface area (Å²) in [5.41, 5.74) is 1.37. The number of rotatable bonds is 6. The average Bonchev–Trinajstić information content (AvgIpc) is 2.49. The maximum Gasteiger partial charge on any atom is 0.335 e. The molecule has 7 heteroatoms. The first-order valence-electron chi connectivity index (χ1n) is 6.67. The summed E-state index contributed by atoms with van der Waals surface area (Å²) >= 11 is 3.32. The predicted molar refractivity (Wildman–Crippen MR) is 92.9 cm³/mol. The highest BCUT2D eigenvalue weighted by atomic mass is 79.9. The maximum atomic E-state index is 12.1. The number of benzene rings is 2. The zero-order chi connectivity index (χ0) is 16.8. The first-order valence-corrected chi connectivity index (χ1v) is 8.95. The van der Waals surface area contributed by atoms with Crippen molar-refractivity contribution in [1.82, 2.24) is 0 Å². The number of carbonyl (C=O) groups excluding carboxylic acids is 1. The minimum Gasteiger partial charge on any atom is -0.478 e. The van der Waals surface area contributed by atoms with Crippen LogP contribution in [0.5, 0.6) is 0 Å². The molecule has 0 aliphatic rings. The van der Waals surface area contributed by atoms with Crippen molar-refractivity contribution in [2.75, 3.05) is 11.1 Å². The molecular weight excluding hydrogens is 382 g/mol. The fourth-order valence-electron chi connectivity index (χ4n) is 1.93. The van der Waals surface area contributed by atoms with E-state index in [2.05, 4.69) is 21.2 Å². The second kappa shape index (κ2) is 8.03. The summed E-state index contributed by atoms with van der Waals surface area (Å²) in [5.74, 6) is -1.42. The molecule has 0 fully saturated rings. The molecule has 2 rings (SSSR count). The normalized spacial score (nSPS) is 11.7. The molecular formula is C16H14BrNO4S. The monoisotopic (exact) mass is 395 g/mol. The summed E-state index contributed by atoms with van der Waals surface area (Å²) in [5, 5.41) is 11.6. The molecule has 0 saturated carbocycles. The van der Waals surface area contributed by atoms with Crippen LogP contribution in [0.25, 0.3) is 0 Å². The zero-order valence-corrected chi connectivity index (χ0v) is 14.4. The third-order valence-corrected chi connectivity index (χ3v) is 4.87. The molecule has 0 heterocycles. The Morgan fingerprint density at radius 2 is 1.87 bits per heavy atom. The van der Waals surface area contributed by atoms with E-state index in [0.29, 0.717) is 11.3 Å². The lowest BCUT2D eigenvalue weighted by Crippen LogP contribution is -2.20. The highest BCUT2D eigenvalue weighted by Crippen LogP contribution is 2.21. The van der Waals surface area contributed by atoms with Gasteiger partial charge in [-0.15, -0.1) is 0 Å². The van der Waals surface area contributed by atoms with Crippen LogP contribution in [-0.2, 0) is 21.3 Å². The van der Waals surface area contributed by atoms with Crippen LogP contribution in [0.1, 0.15) is 15.9 Å². The molecule has 2 N–H and O–H groups in total. The van der Waals surface area contributed by atoms with Crippen molar-refractivity contribution < 1.29 is 18.9 Å². The summed E-state index contributed by atoms with van der Waals surface area (Å²) in [6.07, 6.45) is 0. The summed E-state index contributed by atoms with van der Waals surface area (Å²) in [7, 11) is -1.42. The van der Waals surface area contributed by atoms with E-state index in [0.717, 1.165) is 4.47 Å². The molecule has 0 aromatic heterocycles. The van der Waals surface area contributed by atoms with Crippen molar-refractivity contribution in [2.45, 2.75) is 5.75 Å². The molecule has 0 saturated heterocycles. The molecule has 0 aliphatic carbocycles. The minimum atomic E-state index is -1.42. The topological polar surface area (TPSA) is 83.5 Å². The Labute approximate surface area is 144 Å². The molecule has 23 heavy (non-hydrogen) atoms. The lowest BCUT2D eigenvalue weighted by atomic mass is 10.1. The Bertz CT molecular complexity index is 763. The Hall–Kier alpha value is -1.99. The third-order valence-electron chi connectivity index (χ3n) is 2.94. The van der Waals surface area contributed by atoms with Gasteiger partial charge in [-0.25, -0.2) is 4.79 Å². The van der Waals surface area contributed by atoms with Gasteiger partial charge in [0, 0.05) is 21.0 Å². The van der Waals surface area contributed by atoms with E-state index >= 15 is 0 Å². The third kappa shape index (κ3) is 5.30. The number of para-hydroxylation sites is 1. The first-order chi connectivity index (χ1) is 11.0. The largest absolute Gasteiger partial charge is 0.478 e. The van der Waals surface area contributed by atoms with E-state index in [1.807, 2.05) is 6.07 Å². The molecule has 1 atom stereocenters. The van der Waals surface area contributed by atoms with E-state index in [-0.39, 0.29) is 23.0 Å². The Balaban J connectivity index is 1.94. The number of carbonyl (C=O) groups is 2. The summed E-state index contributed by atoms with van der Waals surface area (Å²) in [6.45, 7) is 0. The van der Waals surface area contributed by atoms with Gasteiger partial charge in [-0.05, 0) is 45.8 Å². The van der Waals surface area contributed by atoms with Gasteiger partial charge in [0.05, 0.1) is 11.3 Å². The first kappa shape index (κ1) is 17.4.